The van der Waals surface area contributed by atoms with Gasteiger partial charge >= 0.3 is 0 Å². The second kappa shape index (κ2) is 3.32. The monoisotopic (exact) mass is 175 g/mol. The van der Waals surface area contributed by atoms with Gasteiger partial charge < -0.3 is 5.32 Å². The van der Waals surface area contributed by atoms with Gasteiger partial charge in [0.2, 0.25) is 0 Å². The number of piperidine rings is 1. The zero-order valence-electron chi connectivity index (χ0n) is 7.23. The van der Waals surface area contributed by atoms with E-state index in [2.05, 4.69) is 12.2 Å². The highest BCUT2D eigenvalue weighted by Gasteiger charge is 2.41. The molecule has 1 aliphatic carbocycles. The zero-order valence-corrected chi connectivity index (χ0v) is 8.04. The van der Waals surface area contributed by atoms with Crippen LogP contribution >= 0.6 is 12.4 Å². The van der Waals surface area contributed by atoms with Crippen molar-refractivity contribution < 1.29 is 0 Å². The van der Waals surface area contributed by atoms with Crippen LogP contribution in [0.5, 0.6) is 0 Å². The van der Waals surface area contributed by atoms with Crippen molar-refractivity contribution in [2.45, 2.75) is 32.6 Å². The van der Waals surface area contributed by atoms with Crippen molar-refractivity contribution in [1.29, 1.82) is 0 Å². The predicted molar refractivity (Wildman–Crippen MR) is 50.2 cm³/mol. The molecule has 0 unspecified atom stereocenters. The summed E-state index contributed by atoms with van der Waals surface area (Å²) in [4.78, 5) is 0. The summed E-state index contributed by atoms with van der Waals surface area (Å²) in [6.07, 6.45) is 5.90. The molecule has 0 aromatic carbocycles. The average molecular weight is 176 g/mol. The Kier molecular flexibility index (Phi) is 2.82. The van der Waals surface area contributed by atoms with Crippen LogP contribution in [0.2, 0.25) is 0 Å². The number of hydrogen-bond donors (Lipinski definition) is 1. The maximum atomic E-state index is 3.42. The molecule has 0 aromatic rings. The van der Waals surface area contributed by atoms with Crippen LogP contribution in [0, 0.1) is 11.3 Å². The van der Waals surface area contributed by atoms with Crippen LogP contribution in [0.1, 0.15) is 32.6 Å². The first-order chi connectivity index (χ1) is 4.81. The number of halogens is 1. The van der Waals surface area contributed by atoms with E-state index in [1.165, 1.54) is 38.8 Å². The average Bonchev–Trinajstić information content (AvgIpc) is 1.87. The Morgan fingerprint density at radius 1 is 1.18 bits per heavy atom. The van der Waals surface area contributed by atoms with Gasteiger partial charge in [-0.05, 0) is 50.1 Å². The Balaban J connectivity index is 0.000000605. The second-order valence-corrected chi connectivity index (χ2v) is 4.26. The number of nitrogens with one attached hydrogen (secondary N) is 1. The summed E-state index contributed by atoms with van der Waals surface area (Å²) in [5, 5.41) is 3.42. The summed E-state index contributed by atoms with van der Waals surface area (Å²) < 4.78 is 0. The van der Waals surface area contributed by atoms with Crippen LogP contribution in [0.3, 0.4) is 0 Å². The van der Waals surface area contributed by atoms with Crippen LogP contribution < -0.4 is 5.32 Å². The van der Waals surface area contributed by atoms with Crippen LogP contribution in [0.4, 0.5) is 0 Å². The molecular weight excluding hydrogens is 158 g/mol. The third-order valence-electron chi connectivity index (χ3n) is 3.23. The molecule has 0 radical (unpaired) electrons. The fourth-order valence-electron chi connectivity index (χ4n) is 2.78. The van der Waals surface area contributed by atoms with E-state index in [-0.39, 0.29) is 12.4 Å². The van der Waals surface area contributed by atoms with Gasteiger partial charge in [0.1, 0.15) is 0 Å². The Bertz CT molecular complexity index is 114. The van der Waals surface area contributed by atoms with Gasteiger partial charge in [0, 0.05) is 0 Å². The molecule has 2 heteroatoms. The van der Waals surface area contributed by atoms with Crippen molar-refractivity contribution in [3.8, 4) is 0 Å². The van der Waals surface area contributed by atoms with Crippen molar-refractivity contribution in [3.63, 3.8) is 0 Å². The highest BCUT2D eigenvalue weighted by Crippen LogP contribution is 2.51. The summed E-state index contributed by atoms with van der Waals surface area (Å²) in [6.45, 7) is 4.92. The largest absolute Gasteiger partial charge is 0.317 e. The Hall–Kier alpha value is 0.250. The zero-order chi connectivity index (χ0) is 7.03. The molecule has 11 heavy (non-hydrogen) atoms. The third kappa shape index (κ3) is 1.70. The summed E-state index contributed by atoms with van der Waals surface area (Å²) in [5.74, 6) is 1.03. The fourth-order valence-corrected chi connectivity index (χ4v) is 2.78. The molecule has 1 N–H and O–H groups in total. The van der Waals surface area contributed by atoms with Gasteiger partial charge in [0.15, 0.2) is 0 Å². The molecule has 1 heterocycles. The summed E-state index contributed by atoms with van der Waals surface area (Å²) in [5.41, 5.74) is 0.810. The molecule has 0 aromatic heterocycles. The highest BCUT2D eigenvalue weighted by molar-refractivity contribution is 5.85. The first-order valence-electron chi connectivity index (χ1n) is 4.52. The molecule has 0 amide bonds. The van der Waals surface area contributed by atoms with E-state index >= 15 is 0 Å². The molecule has 1 saturated heterocycles. The van der Waals surface area contributed by atoms with Crippen molar-refractivity contribution >= 4 is 12.4 Å². The predicted octanol–water partition coefficient (Wildman–Crippen LogP) is 2.21. The minimum Gasteiger partial charge on any atom is -0.317 e. The van der Waals surface area contributed by atoms with Gasteiger partial charge in [-0.3, -0.25) is 0 Å². The Labute approximate surface area is 75.4 Å². The van der Waals surface area contributed by atoms with Crippen LogP contribution in [-0.2, 0) is 0 Å². The lowest BCUT2D eigenvalue weighted by Gasteiger charge is -2.49. The Morgan fingerprint density at radius 3 is 2.18 bits per heavy atom. The van der Waals surface area contributed by atoms with Crippen LogP contribution in [0.25, 0.3) is 0 Å². The highest BCUT2D eigenvalue weighted by atomic mass is 35.5. The van der Waals surface area contributed by atoms with Crippen LogP contribution in [-0.4, -0.2) is 13.1 Å². The fraction of sp³-hybridized carbons (Fsp3) is 1.00. The van der Waals surface area contributed by atoms with Gasteiger partial charge in [-0.25, -0.2) is 0 Å². The molecule has 2 rings (SSSR count). The van der Waals surface area contributed by atoms with E-state index in [9.17, 15) is 0 Å². The first-order valence-corrected chi connectivity index (χ1v) is 4.52. The van der Waals surface area contributed by atoms with Gasteiger partial charge in [0.25, 0.3) is 0 Å². The minimum absolute atomic E-state index is 0. The van der Waals surface area contributed by atoms with E-state index < -0.39 is 0 Å². The summed E-state index contributed by atoms with van der Waals surface area (Å²) >= 11 is 0. The first kappa shape index (κ1) is 9.34. The lowest BCUT2D eigenvalue weighted by atomic mass is 9.58. The second-order valence-electron chi connectivity index (χ2n) is 4.26. The quantitative estimate of drug-likeness (QED) is 0.596. The molecule has 66 valence electrons. The number of hydrogen-bond acceptors (Lipinski definition) is 1. The molecule has 2 fully saturated rings. The van der Waals surface area contributed by atoms with Crippen molar-refractivity contribution in [2.75, 3.05) is 13.1 Å². The van der Waals surface area contributed by atoms with Crippen molar-refractivity contribution in [1.82, 2.24) is 5.32 Å². The van der Waals surface area contributed by atoms with Gasteiger partial charge in [0.05, 0.1) is 0 Å². The lowest BCUT2D eigenvalue weighted by Crippen LogP contribution is -2.44. The number of rotatable bonds is 0. The summed E-state index contributed by atoms with van der Waals surface area (Å²) in [6, 6.07) is 0. The SMILES string of the molecule is CC1CC2(CCNCC2)C1.Cl. The molecule has 1 spiro atoms. The van der Waals surface area contributed by atoms with Crippen molar-refractivity contribution in [3.05, 3.63) is 0 Å². The lowest BCUT2D eigenvalue weighted by molar-refractivity contribution is 0.0315. The van der Waals surface area contributed by atoms with Gasteiger partial charge in [-0.1, -0.05) is 6.92 Å². The van der Waals surface area contributed by atoms with Crippen molar-refractivity contribution in [2.24, 2.45) is 11.3 Å². The Morgan fingerprint density at radius 2 is 1.73 bits per heavy atom. The molecule has 0 bridgehead atoms. The normalized spacial score (nSPS) is 29.2. The van der Waals surface area contributed by atoms with E-state index in [0.29, 0.717) is 0 Å². The minimum atomic E-state index is 0. The summed E-state index contributed by atoms with van der Waals surface area (Å²) in [7, 11) is 0. The van der Waals surface area contributed by atoms with Crippen LogP contribution in [0.15, 0.2) is 0 Å². The van der Waals surface area contributed by atoms with Gasteiger partial charge in [-0.15, -0.1) is 12.4 Å². The van der Waals surface area contributed by atoms with E-state index in [4.69, 9.17) is 0 Å². The standard InChI is InChI=1S/C9H17N.ClH/c1-8-6-9(7-8)2-4-10-5-3-9;/h8,10H,2-7H2,1H3;1H. The maximum Gasteiger partial charge on any atom is -0.00436 e. The molecular formula is C9H18ClN. The van der Waals surface area contributed by atoms with E-state index in [1.54, 1.807) is 0 Å². The van der Waals surface area contributed by atoms with E-state index in [1.807, 2.05) is 0 Å². The van der Waals surface area contributed by atoms with E-state index in [0.717, 1.165) is 11.3 Å². The topological polar surface area (TPSA) is 12.0 Å². The maximum absolute atomic E-state index is 3.42. The molecule has 1 aliphatic heterocycles. The smallest absolute Gasteiger partial charge is 0.00436 e. The molecule has 1 saturated carbocycles. The van der Waals surface area contributed by atoms with Gasteiger partial charge in [-0.2, -0.15) is 0 Å². The third-order valence-corrected chi connectivity index (χ3v) is 3.23. The molecule has 0 atom stereocenters. The molecule has 2 aliphatic rings. The molecule has 1 nitrogen and oxygen atoms in total.